The highest BCUT2D eigenvalue weighted by Crippen LogP contribution is 2.34. The molecule has 4 heteroatoms. The van der Waals surface area contributed by atoms with E-state index in [-0.39, 0.29) is 0 Å². The minimum Gasteiger partial charge on any atom is -0.329 e. The van der Waals surface area contributed by atoms with Crippen molar-refractivity contribution in [3.05, 3.63) is 22.4 Å². The summed E-state index contributed by atoms with van der Waals surface area (Å²) < 4.78 is 0. The van der Waals surface area contributed by atoms with E-state index in [0.717, 1.165) is 18.5 Å². The normalized spacial score (nSPS) is 31.1. The molecular weight excluding hydrogens is 254 g/mol. The zero-order valence-corrected chi connectivity index (χ0v) is 12.6. The van der Waals surface area contributed by atoms with E-state index in [4.69, 9.17) is 5.73 Å². The van der Waals surface area contributed by atoms with E-state index < -0.39 is 0 Å². The van der Waals surface area contributed by atoms with Crippen molar-refractivity contribution < 1.29 is 0 Å². The van der Waals surface area contributed by atoms with Crippen LogP contribution in [-0.2, 0) is 0 Å². The fourth-order valence-electron chi connectivity index (χ4n) is 3.89. The van der Waals surface area contributed by atoms with Gasteiger partial charge in [-0.15, -0.1) is 11.3 Å². The molecule has 1 aromatic rings. The lowest BCUT2D eigenvalue weighted by Crippen LogP contribution is -2.53. The van der Waals surface area contributed by atoms with Gasteiger partial charge in [-0.1, -0.05) is 6.07 Å². The van der Waals surface area contributed by atoms with Crippen LogP contribution in [-0.4, -0.2) is 49.1 Å². The molecule has 0 aromatic carbocycles. The Morgan fingerprint density at radius 2 is 2.32 bits per heavy atom. The van der Waals surface area contributed by atoms with Gasteiger partial charge in [0, 0.05) is 30.6 Å². The van der Waals surface area contributed by atoms with Crippen molar-refractivity contribution in [1.82, 2.24) is 9.80 Å². The van der Waals surface area contributed by atoms with Crippen LogP contribution in [0.4, 0.5) is 0 Å². The van der Waals surface area contributed by atoms with E-state index in [1.54, 1.807) is 0 Å². The maximum absolute atomic E-state index is 6.04. The van der Waals surface area contributed by atoms with Gasteiger partial charge in [0.1, 0.15) is 0 Å². The number of nitrogens with two attached hydrogens (primary N) is 1. The molecule has 19 heavy (non-hydrogen) atoms. The van der Waals surface area contributed by atoms with Gasteiger partial charge in [-0.05, 0) is 50.2 Å². The summed E-state index contributed by atoms with van der Waals surface area (Å²) in [6.07, 6.45) is 4.06. The number of piperidine rings is 2. The van der Waals surface area contributed by atoms with Gasteiger partial charge in [-0.25, -0.2) is 0 Å². The highest BCUT2D eigenvalue weighted by Gasteiger charge is 2.36. The maximum Gasteiger partial charge on any atom is 0.0564 e. The Morgan fingerprint density at radius 1 is 1.42 bits per heavy atom. The fourth-order valence-corrected chi connectivity index (χ4v) is 4.76. The number of rotatable bonds is 3. The van der Waals surface area contributed by atoms with E-state index >= 15 is 0 Å². The van der Waals surface area contributed by atoms with Crippen molar-refractivity contribution >= 4 is 11.3 Å². The second-order valence-electron chi connectivity index (χ2n) is 6.00. The third kappa shape index (κ3) is 2.72. The average Bonchev–Trinajstić information content (AvgIpc) is 2.94. The van der Waals surface area contributed by atoms with Gasteiger partial charge in [0.2, 0.25) is 0 Å². The summed E-state index contributed by atoms with van der Waals surface area (Å²) in [7, 11) is 2.30. The molecule has 0 amide bonds. The molecule has 2 N–H and O–H groups in total. The van der Waals surface area contributed by atoms with Crippen LogP contribution >= 0.6 is 11.3 Å². The Labute approximate surface area is 120 Å². The number of hydrogen-bond acceptors (Lipinski definition) is 4. The maximum atomic E-state index is 6.04. The molecular formula is C15H25N3S. The highest BCUT2D eigenvalue weighted by molar-refractivity contribution is 7.10. The summed E-state index contributed by atoms with van der Waals surface area (Å²) >= 11 is 1.85. The summed E-state index contributed by atoms with van der Waals surface area (Å²) in [5.74, 6) is 0.849. The fraction of sp³-hybridized carbons (Fsp3) is 0.733. The molecule has 2 aliphatic heterocycles. The van der Waals surface area contributed by atoms with E-state index in [0.29, 0.717) is 6.04 Å². The molecule has 0 radical (unpaired) electrons. The summed E-state index contributed by atoms with van der Waals surface area (Å²) in [5, 5.41) is 2.17. The molecule has 1 aromatic heterocycles. The van der Waals surface area contributed by atoms with Crippen molar-refractivity contribution in [3.63, 3.8) is 0 Å². The number of fused-ring (bicyclic) bond motifs is 1. The molecule has 0 saturated carbocycles. The van der Waals surface area contributed by atoms with Gasteiger partial charge >= 0.3 is 0 Å². The first kappa shape index (κ1) is 13.6. The van der Waals surface area contributed by atoms with Gasteiger partial charge in [-0.3, -0.25) is 4.90 Å². The highest BCUT2D eigenvalue weighted by atomic mass is 32.1. The van der Waals surface area contributed by atoms with Crippen LogP contribution in [0.15, 0.2) is 17.5 Å². The molecule has 3 rings (SSSR count). The van der Waals surface area contributed by atoms with Crippen LogP contribution in [0.2, 0.25) is 0 Å². The van der Waals surface area contributed by atoms with Crippen LogP contribution in [0.25, 0.3) is 0 Å². The molecule has 2 saturated heterocycles. The monoisotopic (exact) mass is 279 g/mol. The zero-order valence-electron chi connectivity index (χ0n) is 11.8. The SMILES string of the molecule is CN1CCCC2CN(C(CN)c3cccs3)CCC21. The van der Waals surface area contributed by atoms with E-state index in [2.05, 4.69) is 34.4 Å². The molecule has 3 unspecified atom stereocenters. The van der Waals surface area contributed by atoms with E-state index in [1.165, 1.54) is 43.8 Å². The molecule has 3 nitrogen and oxygen atoms in total. The lowest BCUT2D eigenvalue weighted by Gasteiger charge is -2.47. The third-order valence-corrected chi connectivity index (χ3v) is 5.89. The Bertz CT molecular complexity index is 392. The van der Waals surface area contributed by atoms with E-state index in [9.17, 15) is 0 Å². The quantitative estimate of drug-likeness (QED) is 0.920. The van der Waals surface area contributed by atoms with Gasteiger partial charge in [0.05, 0.1) is 6.04 Å². The Balaban J connectivity index is 1.70. The van der Waals surface area contributed by atoms with Crippen molar-refractivity contribution in [2.75, 3.05) is 33.2 Å². The number of nitrogens with zero attached hydrogens (tertiary/aromatic N) is 2. The van der Waals surface area contributed by atoms with Gasteiger partial charge in [0.25, 0.3) is 0 Å². The second-order valence-corrected chi connectivity index (χ2v) is 6.98. The summed E-state index contributed by atoms with van der Waals surface area (Å²) in [6.45, 7) is 4.46. The molecule has 2 fully saturated rings. The number of thiophene rings is 1. The molecule has 2 aliphatic rings. The average molecular weight is 279 g/mol. The van der Waals surface area contributed by atoms with Crippen LogP contribution in [0.5, 0.6) is 0 Å². The van der Waals surface area contributed by atoms with Crippen molar-refractivity contribution in [1.29, 1.82) is 0 Å². The predicted octanol–water partition coefficient (Wildman–Crippen LogP) is 2.16. The van der Waals surface area contributed by atoms with Crippen LogP contribution in [0, 0.1) is 5.92 Å². The Hall–Kier alpha value is -0.420. The van der Waals surface area contributed by atoms with Crippen molar-refractivity contribution in [2.24, 2.45) is 11.7 Å². The van der Waals surface area contributed by atoms with Gasteiger partial charge in [-0.2, -0.15) is 0 Å². The Kier molecular flexibility index (Phi) is 4.22. The van der Waals surface area contributed by atoms with Gasteiger partial charge in [0.15, 0.2) is 0 Å². The van der Waals surface area contributed by atoms with Crippen LogP contribution in [0.1, 0.15) is 30.2 Å². The lowest BCUT2D eigenvalue weighted by molar-refractivity contribution is 0.0217. The summed E-state index contributed by atoms with van der Waals surface area (Å²) in [6, 6.07) is 5.63. The van der Waals surface area contributed by atoms with Crippen molar-refractivity contribution in [2.45, 2.75) is 31.3 Å². The number of likely N-dealkylation sites (tertiary alicyclic amines) is 2. The number of hydrogen-bond donors (Lipinski definition) is 1. The predicted molar refractivity (Wildman–Crippen MR) is 81.4 cm³/mol. The molecule has 0 spiro atoms. The standard InChI is InChI=1S/C15H25N3S/c1-17-7-2-4-12-11-18(8-6-13(12)17)14(10-16)15-5-3-9-19-15/h3,5,9,12-14H,2,4,6-8,10-11,16H2,1H3. The van der Waals surface area contributed by atoms with Crippen LogP contribution < -0.4 is 5.73 Å². The van der Waals surface area contributed by atoms with Crippen LogP contribution in [0.3, 0.4) is 0 Å². The summed E-state index contributed by atoms with van der Waals surface area (Å²) in [5.41, 5.74) is 6.04. The van der Waals surface area contributed by atoms with Crippen molar-refractivity contribution in [3.8, 4) is 0 Å². The minimum absolute atomic E-state index is 0.438. The van der Waals surface area contributed by atoms with E-state index in [1.807, 2.05) is 11.3 Å². The smallest absolute Gasteiger partial charge is 0.0564 e. The topological polar surface area (TPSA) is 32.5 Å². The first-order valence-corrected chi connectivity index (χ1v) is 8.35. The first-order valence-electron chi connectivity index (χ1n) is 7.47. The summed E-state index contributed by atoms with van der Waals surface area (Å²) in [4.78, 5) is 6.64. The molecule has 3 atom stereocenters. The Morgan fingerprint density at radius 3 is 3.05 bits per heavy atom. The first-order chi connectivity index (χ1) is 9.29. The van der Waals surface area contributed by atoms with Gasteiger partial charge < -0.3 is 10.6 Å². The minimum atomic E-state index is 0.438. The molecule has 106 valence electrons. The molecule has 0 bridgehead atoms. The second kappa shape index (κ2) is 5.92. The lowest BCUT2D eigenvalue weighted by atomic mass is 9.83. The molecule has 3 heterocycles. The largest absolute Gasteiger partial charge is 0.329 e. The zero-order chi connectivity index (χ0) is 13.2. The third-order valence-electron chi connectivity index (χ3n) is 4.91. The molecule has 0 aliphatic carbocycles.